The minimum atomic E-state index is -3.72. The Labute approximate surface area is 150 Å². The number of nitrogens with zero attached hydrogens (tertiary/aromatic N) is 1. The van der Waals surface area contributed by atoms with Crippen molar-refractivity contribution in [2.75, 3.05) is 13.6 Å². The largest absolute Gasteiger partial charge is 0.438 e. The molecule has 0 bridgehead atoms. The van der Waals surface area contributed by atoms with Gasteiger partial charge in [0, 0.05) is 17.5 Å². The Hall–Kier alpha value is -1.68. The van der Waals surface area contributed by atoms with Gasteiger partial charge in [0.25, 0.3) is 15.9 Å². The lowest BCUT2D eigenvalue weighted by molar-refractivity contribution is 0.0634. The average Bonchev–Trinajstić information content (AvgIpc) is 3.34. The van der Waals surface area contributed by atoms with E-state index < -0.39 is 16.1 Å². The number of nitrogens with one attached hydrogen (secondary N) is 1. The summed E-state index contributed by atoms with van der Waals surface area (Å²) in [5, 5.41) is 12.0. The van der Waals surface area contributed by atoms with Crippen LogP contribution in [0.15, 0.2) is 39.2 Å². The lowest BCUT2D eigenvalue weighted by Gasteiger charge is -2.25. The smallest absolute Gasteiger partial charge is 0.289 e. The molecule has 7 nitrogen and oxygen atoms in total. The monoisotopic (exact) mass is 384 g/mol. The van der Waals surface area contributed by atoms with Gasteiger partial charge in [-0.25, -0.2) is 13.1 Å². The first-order chi connectivity index (χ1) is 11.9. The fraction of sp³-hybridized carbons (Fsp3) is 0.438. The van der Waals surface area contributed by atoms with Crippen LogP contribution >= 0.6 is 11.3 Å². The van der Waals surface area contributed by atoms with Crippen LogP contribution in [0.5, 0.6) is 0 Å². The summed E-state index contributed by atoms with van der Waals surface area (Å²) in [6.07, 6.45) is 1.48. The predicted octanol–water partition coefficient (Wildman–Crippen LogP) is 1.98. The highest BCUT2D eigenvalue weighted by Crippen LogP contribution is 2.30. The molecule has 9 heteroatoms. The maximum atomic E-state index is 12.7. The van der Waals surface area contributed by atoms with Crippen LogP contribution in [0.3, 0.4) is 0 Å². The number of aliphatic hydroxyl groups excluding tert-OH is 1. The number of carbonyl (C=O) groups is 1. The molecule has 2 aromatic heterocycles. The number of furan rings is 1. The van der Waals surface area contributed by atoms with Crippen LogP contribution in [0.2, 0.25) is 0 Å². The Bertz CT molecular complexity index is 829. The van der Waals surface area contributed by atoms with Gasteiger partial charge in [-0.2, -0.15) is 0 Å². The number of hydrogen-bond donors (Lipinski definition) is 2. The van der Waals surface area contributed by atoms with Crippen LogP contribution in [0.4, 0.5) is 0 Å². The third-order valence-corrected chi connectivity index (χ3v) is 6.59. The van der Waals surface area contributed by atoms with Crippen LogP contribution < -0.4 is 4.72 Å². The molecule has 1 aliphatic rings. The normalized spacial score (nSPS) is 19.3. The number of hydrogen-bond acceptors (Lipinski definition) is 6. The minimum absolute atomic E-state index is 0.00802. The van der Waals surface area contributed by atoms with Crippen LogP contribution in [0, 0.1) is 0 Å². The van der Waals surface area contributed by atoms with E-state index in [4.69, 9.17) is 4.42 Å². The Kier molecular flexibility index (Phi) is 5.28. The van der Waals surface area contributed by atoms with E-state index in [0.717, 1.165) is 17.7 Å². The molecule has 136 valence electrons. The quantitative estimate of drug-likeness (QED) is 0.793. The van der Waals surface area contributed by atoms with Crippen LogP contribution in [0.25, 0.3) is 0 Å². The number of rotatable bonds is 6. The lowest BCUT2D eigenvalue weighted by atomic mass is 10.1. The van der Waals surface area contributed by atoms with Gasteiger partial charge in [0.2, 0.25) is 5.09 Å². The number of amides is 1. The first kappa shape index (κ1) is 18.1. The van der Waals surface area contributed by atoms with Gasteiger partial charge in [-0.15, -0.1) is 11.3 Å². The number of carbonyl (C=O) groups excluding carboxylic acids is 1. The first-order valence-electron chi connectivity index (χ1n) is 7.98. The number of likely N-dealkylation sites (tertiary alicyclic amines) is 1. The van der Waals surface area contributed by atoms with E-state index in [-0.39, 0.29) is 22.8 Å². The van der Waals surface area contributed by atoms with E-state index in [1.807, 2.05) is 17.5 Å². The summed E-state index contributed by atoms with van der Waals surface area (Å²) in [4.78, 5) is 15.2. The second kappa shape index (κ2) is 7.28. The van der Waals surface area contributed by atoms with E-state index in [9.17, 15) is 18.3 Å². The van der Waals surface area contributed by atoms with E-state index >= 15 is 0 Å². The number of aliphatic hydroxyl groups is 1. The van der Waals surface area contributed by atoms with Crippen molar-refractivity contribution in [3.8, 4) is 0 Å². The predicted molar refractivity (Wildman–Crippen MR) is 92.9 cm³/mol. The molecule has 0 spiro atoms. The third kappa shape index (κ3) is 3.79. The maximum absolute atomic E-state index is 12.7. The second-order valence-corrected chi connectivity index (χ2v) is 8.68. The lowest BCUT2D eigenvalue weighted by Crippen LogP contribution is -2.36. The standard InChI is InChI=1S/C16H20N2O5S2/c1-17-25(21,22)15-7-6-13(23-15)16(20)18-8-2-4-11(18)10-12(19)14-5-3-9-24-14/h3,5-7,9,11-12,17,19H,2,4,8,10H2,1H3/t11-,12+/m1/s1. The second-order valence-electron chi connectivity index (χ2n) is 5.89. The molecule has 2 aromatic rings. The van der Waals surface area contributed by atoms with Crippen molar-refractivity contribution in [2.45, 2.75) is 36.5 Å². The zero-order valence-corrected chi connectivity index (χ0v) is 15.3. The Morgan fingerprint density at radius 1 is 1.48 bits per heavy atom. The molecule has 1 aliphatic heterocycles. The van der Waals surface area contributed by atoms with E-state index in [1.54, 1.807) is 4.90 Å². The van der Waals surface area contributed by atoms with Gasteiger partial charge in [-0.3, -0.25) is 4.79 Å². The van der Waals surface area contributed by atoms with E-state index in [1.165, 1.54) is 30.5 Å². The summed E-state index contributed by atoms with van der Waals surface area (Å²) in [5.74, 6) is -0.357. The van der Waals surface area contributed by atoms with Gasteiger partial charge >= 0.3 is 0 Å². The zero-order chi connectivity index (χ0) is 18.0. The van der Waals surface area contributed by atoms with Crippen molar-refractivity contribution in [1.29, 1.82) is 0 Å². The summed E-state index contributed by atoms with van der Waals surface area (Å²) in [6, 6.07) is 6.30. The SMILES string of the molecule is CNS(=O)(=O)c1ccc(C(=O)N2CCC[C@@H]2C[C@H](O)c2cccs2)o1. The molecule has 1 saturated heterocycles. The molecule has 2 N–H and O–H groups in total. The molecule has 25 heavy (non-hydrogen) atoms. The van der Waals surface area contributed by atoms with Gasteiger partial charge in [0.05, 0.1) is 6.10 Å². The highest BCUT2D eigenvalue weighted by Gasteiger charge is 2.33. The molecule has 2 atom stereocenters. The first-order valence-corrected chi connectivity index (χ1v) is 10.3. The summed E-state index contributed by atoms with van der Waals surface area (Å²) >= 11 is 1.48. The fourth-order valence-corrected chi connectivity index (χ4v) is 4.40. The van der Waals surface area contributed by atoms with Crippen molar-refractivity contribution in [1.82, 2.24) is 9.62 Å². The van der Waals surface area contributed by atoms with Crippen molar-refractivity contribution in [3.05, 3.63) is 40.3 Å². The molecule has 0 aromatic carbocycles. The third-order valence-electron chi connectivity index (χ3n) is 4.33. The summed E-state index contributed by atoms with van der Waals surface area (Å²) < 4.78 is 30.9. The average molecular weight is 384 g/mol. The highest BCUT2D eigenvalue weighted by molar-refractivity contribution is 7.89. The minimum Gasteiger partial charge on any atom is -0.438 e. The van der Waals surface area contributed by atoms with Crippen LogP contribution in [-0.2, 0) is 10.0 Å². The molecule has 1 fully saturated rings. The topological polar surface area (TPSA) is 99.9 Å². The van der Waals surface area contributed by atoms with Gasteiger partial charge < -0.3 is 14.4 Å². The Morgan fingerprint density at radius 2 is 2.28 bits per heavy atom. The fourth-order valence-electron chi connectivity index (χ4n) is 3.02. The molecule has 0 unspecified atom stereocenters. The summed E-state index contributed by atoms with van der Waals surface area (Å²) in [6.45, 7) is 0.565. The van der Waals surface area contributed by atoms with Gasteiger partial charge in [-0.1, -0.05) is 6.07 Å². The Balaban J connectivity index is 1.73. The summed E-state index contributed by atoms with van der Waals surface area (Å²) in [7, 11) is -2.44. The molecule has 0 radical (unpaired) electrons. The van der Waals surface area contributed by atoms with E-state index in [2.05, 4.69) is 4.72 Å². The highest BCUT2D eigenvalue weighted by atomic mass is 32.2. The van der Waals surface area contributed by atoms with Crippen molar-refractivity contribution >= 4 is 27.3 Å². The molecule has 3 rings (SSSR count). The molecular weight excluding hydrogens is 364 g/mol. The van der Waals surface area contributed by atoms with E-state index in [0.29, 0.717) is 13.0 Å². The Morgan fingerprint density at radius 3 is 2.96 bits per heavy atom. The van der Waals surface area contributed by atoms with Crippen molar-refractivity contribution in [3.63, 3.8) is 0 Å². The van der Waals surface area contributed by atoms with Gasteiger partial charge in [0.1, 0.15) is 0 Å². The zero-order valence-electron chi connectivity index (χ0n) is 13.7. The van der Waals surface area contributed by atoms with Crippen molar-refractivity contribution in [2.24, 2.45) is 0 Å². The molecule has 1 amide bonds. The molecular formula is C16H20N2O5S2. The number of sulfonamides is 1. The number of thiophene rings is 1. The maximum Gasteiger partial charge on any atom is 0.289 e. The molecule has 0 aliphatic carbocycles. The van der Waals surface area contributed by atoms with Gasteiger partial charge in [-0.05, 0) is 49.9 Å². The van der Waals surface area contributed by atoms with Crippen LogP contribution in [-0.4, -0.2) is 44.0 Å². The summed E-state index contributed by atoms with van der Waals surface area (Å²) in [5.41, 5.74) is 0. The van der Waals surface area contributed by atoms with Crippen LogP contribution in [0.1, 0.15) is 40.8 Å². The molecule has 3 heterocycles. The van der Waals surface area contributed by atoms with Gasteiger partial charge in [0.15, 0.2) is 5.76 Å². The molecule has 0 saturated carbocycles. The van der Waals surface area contributed by atoms with Crippen molar-refractivity contribution < 1.29 is 22.7 Å².